The molecule has 0 spiro atoms. The summed E-state index contributed by atoms with van der Waals surface area (Å²) in [7, 11) is -1.94. The molecule has 0 amide bonds. The van der Waals surface area contributed by atoms with Gasteiger partial charge in [-0.1, -0.05) is 23.8 Å². The van der Waals surface area contributed by atoms with E-state index in [1.165, 1.54) is 12.1 Å². The highest BCUT2D eigenvalue weighted by Crippen LogP contribution is 2.29. The second-order valence-electron chi connectivity index (χ2n) is 6.32. The first-order valence-corrected chi connectivity index (χ1v) is 9.92. The Morgan fingerprint density at radius 1 is 1.08 bits per heavy atom. The number of ether oxygens (including phenoxy) is 1. The second-order valence-corrected chi connectivity index (χ2v) is 8.30. The molecular formula is C19H24FNO3S. The molecule has 6 heteroatoms. The highest BCUT2D eigenvalue weighted by Gasteiger charge is 2.18. The van der Waals surface area contributed by atoms with Gasteiger partial charge in [-0.05, 0) is 44.5 Å². The van der Waals surface area contributed by atoms with Gasteiger partial charge in [0.2, 0.25) is 0 Å². The zero-order valence-corrected chi connectivity index (χ0v) is 15.9. The van der Waals surface area contributed by atoms with Crippen molar-refractivity contribution in [3.05, 3.63) is 58.9 Å². The monoisotopic (exact) mass is 365 g/mol. The molecule has 2 atom stereocenters. The average molecular weight is 365 g/mol. The van der Waals surface area contributed by atoms with Gasteiger partial charge in [0, 0.05) is 23.9 Å². The fraction of sp³-hybridized carbons (Fsp3) is 0.368. The van der Waals surface area contributed by atoms with E-state index in [0.29, 0.717) is 5.56 Å². The molecule has 0 aliphatic heterocycles. The summed E-state index contributed by atoms with van der Waals surface area (Å²) in [6.45, 7) is 5.93. The van der Waals surface area contributed by atoms with E-state index >= 15 is 0 Å². The van der Waals surface area contributed by atoms with Gasteiger partial charge in [0.25, 0.3) is 0 Å². The number of nitrogens with one attached hydrogen (secondary N) is 1. The van der Waals surface area contributed by atoms with Crippen LogP contribution in [0.25, 0.3) is 0 Å². The van der Waals surface area contributed by atoms with Gasteiger partial charge in [-0.2, -0.15) is 0 Å². The Bertz CT molecular complexity index is 865. The fourth-order valence-electron chi connectivity index (χ4n) is 2.84. The quantitative estimate of drug-likeness (QED) is 0.842. The first kappa shape index (κ1) is 19.4. The number of aryl methyl sites for hydroxylation is 1. The molecule has 2 unspecified atom stereocenters. The van der Waals surface area contributed by atoms with E-state index in [4.69, 9.17) is 4.74 Å². The summed E-state index contributed by atoms with van der Waals surface area (Å²) < 4.78 is 42.6. The molecule has 25 heavy (non-hydrogen) atoms. The Kier molecular flexibility index (Phi) is 5.85. The molecule has 2 aromatic rings. The molecule has 0 fully saturated rings. The maximum absolute atomic E-state index is 14.1. The number of hydrogen-bond acceptors (Lipinski definition) is 4. The van der Waals surface area contributed by atoms with Crippen LogP contribution in [0.4, 0.5) is 4.39 Å². The van der Waals surface area contributed by atoms with Crippen molar-refractivity contribution in [1.82, 2.24) is 5.32 Å². The smallest absolute Gasteiger partial charge is 0.178 e. The van der Waals surface area contributed by atoms with Gasteiger partial charge in [0.15, 0.2) is 9.84 Å². The number of methoxy groups -OCH3 is 1. The van der Waals surface area contributed by atoms with Crippen LogP contribution < -0.4 is 10.1 Å². The standard InChI is InChI=1S/C19H24FNO3S/c1-12-6-8-18(24-4)16(10-12)14(3)21-13(2)15-7-9-19(17(20)11-15)25(5,22)23/h6-11,13-14,21H,1-5H3. The van der Waals surface area contributed by atoms with Gasteiger partial charge >= 0.3 is 0 Å². The van der Waals surface area contributed by atoms with Crippen molar-refractivity contribution in [3.8, 4) is 5.75 Å². The molecule has 0 aliphatic rings. The average Bonchev–Trinajstić information content (AvgIpc) is 2.53. The Labute approximate surface area is 148 Å². The Hall–Kier alpha value is -1.92. The van der Waals surface area contributed by atoms with Crippen molar-refractivity contribution in [2.24, 2.45) is 0 Å². The molecule has 0 aromatic heterocycles. The molecule has 0 bridgehead atoms. The Balaban J connectivity index is 2.24. The molecule has 136 valence electrons. The van der Waals surface area contributed by atoms with Gasteiger partial charge < -0.3 is 10.1 Å². The molecule has 2 rings (SSSR count). The van der Waals surface area contributed by atoms with Gasteiger partial charge in [0.05, 0.1) is 7.11 Å². The van der Waals surface area contributed by atoms with E-state index in [0.717, 1.165) is 23.1 Å². The number of sulfone groups is 1. The van der Waals surface area contributed by atoms with E-state index in [9.17, 15) is 12.8 Å². The molecule has 0 aliphatic carbocycles. The number of halogens is 1. The van der Waals surface area contributed by atoms with Gasteiger partial charge in [-0.15, -0.1) is 0 Å². The van der Waals surface area contributed by atoms with Crippen LogP contribution in [0, 0.1) is 12.7 Å². The molecular weight excluding hydrogens is 341 g/mol. The zero-order valence-electron chi connectivity index (χ0n) is 15.1. The summed E-state index contributed by atoms with van der Waals surface area (Å²) in [5.41, 5.74) is 2.83. The molecule has 0 radical (unpaired) electrons. The minimum Gasteiger partial charge on any atom is -0.496 e. The van der Waals surface area contributed by atoms with E-state index in [1.54, 1.807) is 13.2 Å². The molecule has 1 N–H and O–H groups in total. The van der Waals surface area contributed by atoms with Crippen LogP contribution in [0.15, 0.2) is 41.3 Å². The predicted octanol–water partition coefficient (Wildman–Crippen LogP) is 3.96. The van der Waals surface area contributed by atoms with Crippen molar-refractivity contribution >= 4 is 9.84 Å². The van der Waals surface area contributed by atoms with E-state index in [-0.39, 0.29) is 17.0 Å². The van der Waals surface area contributed by atoms with E-state index in [2.05, 4.69) is 11.4 Å². The lowest BCUT2D eigenvalue weighted by Crippen LogP contribution is -2.23. The third-order valence-corrected chi connectivity index (χ3v) is 5.34. The molecule has 0 heterocycles. The van der Waals surface area contributed by atoms with Crippen LogP contribution in [0.3, 0.4) is 0 Å². The summed E-state index contributed by atoms with van der Waals surface area (Å²) >= 11 is 0. The summed E-state index contributed by atoms with van der Waals surface area (Å²) in [5, 5.41) is 3.40. The fourth-order valence-corrected chi connectivity index (χ4v) is 3.57. The van der Waals surface area contributed by atoms with Crippen LogP contribution in [-0.2, 0) is 9.84 Å². The maximum Gasteiger partial charge on any atom is 0.178 e. The number of benzene rings is 2. The first-order chi connectivity index (χ1) is 11.6. The second kappa shape index (κ2) is 7.54. The summed E-state index contributed by atoms with van der Waals surface area (Å²) in [5.74, 6) is 0.0610. The Morgan fingerprint density at radius 3 is 2.32 bits per heavy atom. The molecule has 0 saturated heterocycles. The van der Waals surface area contributed by atoms with Gasteiger partial charge in [0.1, 0.15) is 16.5 Å². The number of hydrogen-bond donors (Lipinski definition) is 1. The normalized spacial score (nSPS) is 14.2. The van der Waals surface area contributed by atoms with Crippen LogP contribution in [-0.4, -0.2) is 21.8 Å². The summed E-state index contributed by atoms with van der Waals surface area (Å²) in [4.78, 5) is -0.281. The lowest BCUT2D eigenvalue weighted by Gasteiger charge is -2.23. The third kappa shape index (κ3) is 4.58. The summed E-state index contributed by atoms with van der Waals surface area (Å²) in [6, 6.07) is 10.00. The predicted molar refractivity (Wildman–Crippen MR) is 97.2 cm³/mol. The van der Waals surface area contributed by atoms with E-state index < -0.39 is 15.7 Å². The van der Waals surface area contributed by atoms with Crippen LogP contribution in [0.1, 0.15) is 42.6 Å². The SMILES string of the molecule is COc1ccc(C)cc1C(C)NC(C)c1ccc(S(C)(=O)=O)c(F)c1. The lowest BCUT2D eigenvalue weighted by molar-refractivity contribution is 0.396. The van der Waals surface area contributed by atoms with Crippen molar-refractivity contribution < 1.29 is 17.5 Å². The van der Waals surface area contributed by atoms with Gasteiger partial charge in [-0.3, -0.25) is 0 Å². The topological polar surface area (TPSA) is 55.4 Å². The molecule has 0 saturated carbocycles. The van der Waals surface area contributed by atoms with Crippen molar-refractivity contribution in [2.75, 3.05) is 13.4 Å². The lowest BCUT2D eigenvalue weighted by atomic mass is 10.0. The van der Waals surface area contributed by atoms with Crippen molar-refractivity contribution in [3.63, 3.8) is 0 Å². The maximum atomic E-state index is 14.1. The van der Waals surface area contributed by atoms with Crippen LogP contribution in [0.2, 0.25) is 0 Å². The van der Waals surface area contributed by atoms with E-state index in [1.807, 2.05) is 32.9 Å². The van der Waals surface area contributed by atoms with Crippen LogP contribution >= 0.6 is 0 Å². The molecule has 4 nitrogen and oxygen atoms in total. The summed E-state index contributed by atoms with van der Waals surface area (Å²) in [6.07, 6.45) is 0.999. The minimum absolute atomic E-state index is 0.0255. The highest BCUT2D eigenvalue weighted by atomic mass is 32.2. The zero-order chi connectivity index (χ0) is 18.8. The minimum atomic E-state index is -3.57. The van der Waals surface area contributed by atoms with Crippen LogP contribution in [0.5, 0.6) is 5.75 Å². The van der Waals surface area contributed by atoms with Crippen molar-refractivity contribution in [1.29, 1.82) is 0 Å². The first-order valence-electron chi connectivity index (χ1n) is 8.03. The largest absolute Gasteiger partial charge is 0.496 e. The Morgan fingerprint density at radius 2 is 1.76 bits per heavy atom. The third-order valence-electron chi connectivity index (χ3n) is 4.21. The van der Waals surface area contributed by atoms with Crippen molar-refractivity contribution in [2.45, 2.75) is 37.8 Å². The van der Waals surface area contributed by atoms with Gasteiger partial charge in [-0.25, -0.2) is 12.8 Å². The molecule has 2 aromatic carbocycles. The number of rotatable bonds is 6. The highest BCUT2D eigenvalue weighted by molar-refractivity contribution is 7.90.